The van der Waals surface area contributed by atoms with E-state index in [1.54, 1.807) is 31.2 Å². The van der Waals surface area contributed by atoms with Crippen LogP contribution < -0.4 is 5.32 Å². The third-order valence-electron chi connectivity index (χ3n) is 6.15. The van der Waals surface area contributed by atoms with Crippen LogP contribution in [0.4, 0.5) is 4.39 Å². The van der Waals surface area contributed by atoms with E-state index in [4.69, 9.17) is 16.3 Å². The minimum atomic E-state index is -0.949. The number of carbonyl (C=O) groups is 1. The lowest BCUT2D eigenvalue weighted by Gasteiger charge is -2.28. The third-order valence-corrected chi connectivity index (χ3v) is 6.46. The lowest BCUT2D eigenvalue weighted by Crippen LogP contribution is -2.46. The van der Waals surface area contributed by atoms with Gasteiger partial charge in [0.05, 0.1) is 29.4 Å². The minimum absolute atomic E-state index is 0.0974. The number of β-amino-alcohol motifs (C(OH)–C–C–N with tert-alkyl or cyclic N) is 1. The summed E-state index contributed by atoms with van der Waals surface area (Å²) in [7, 11) is 0. The first-order valence-corrected chi connectivity index (χ1v) is 12.3. The molecule has 0 saturated carbocycles. The molecule has 3 rings (SSSR count). The van der Waals surface area contributed by atoms with Crippen LogP contribution in [0.5, 0.6) is 0 Å². The zero-order valence-electron chi connectivity index (χ0n) is 21.0. The molecule has 3 aromatic carbocycles. The second-order valence-electron chi connectivity index (χ2n) is 9.74. The molecule has 0 spiro atoms. The molecule has 3 aromatic rings. The predicted octanol–water partition coefficient (Wildman–Crippen LogP) is 6.20. The summed E-state index contributed by atoms with van der Waals surface area (Å²) in [6, 6.07) is 17.9. The highest BCUT2D eigenvalue weighted by Crippen LogP contribution is 2.31. The average Bonchev–Trinajstić information content (AvgIpc) is 2.83. The quantitative estimate of drug-likeness (QED) is 0.284. The van der Waals surface area contributed by atoms with E-state index in [0.29, 0.717) is 18.5 Å². The van der Waals surface area contributed by atoms with Gasteiger partial charge in [-0.25, -0.2) is 9.18 Å². The summed E-state index contributed by atoms with van der Waals surface area (Å²) in [6.45, 7) is 8.13. The smallest absolute Gasteiger partial charge is 0.335 e. The SMILES string of the molecule is Cc1cc(-c2ccccc2[C@H](C)OC[C@H](O)CNC(C)(C)Cc2ccc(Cl)c(F)c2)ccc1C(=O)O. The van der Waals surface area contributed by atoms with Crippen molar-refractivity contribution in [3.05, 3.63) is 93.8 Å². The Morgan fingerprint density at radius 2 is 1.86 bits per heavy atom. The predicted molar refractivity (Wildman–Crippen MR) is 141 cm³/mol. The summed E-state index contributed by atoms with van der Waals surface area (Å²) in [5.41, 5.74) is 4.22. The summed E-state index contributed by atoms with van der Waals surface area (Å²) in [4.78, 5) is 11.4. The van der Waals surface area contributed by atoms with Crippen molar-refractivity contribution in [1.82, 2.24) is 5.32 Å². The van der Waals surface area contributed by atoms with Gasteiger partial charge < -0.3 is 20.3 Å². The molecule has 0 aliphatic heterocycles. The molecule has 0 bridgehead atoms. The highest BCUT2D eigenvalue weighted by Gasteiger charge is 2.21. The van der Waals surface area contributed by atoms with Gasteiger partial charge in [0.2, 0.25) is 0 Å². The first-order valence-electron chi connectivity index (χ1n) is 11.9. The number of aliphatic hydroxyl groups excluding tert-OH is 1. The summed E-state index contributed by atoms with van der Waals surface area (Å²) in [5.74, 6) is -1.39. The molecule has 0 saturated heterocycles. The number of aryl methyl sites for hydroxylation is 1. The molecule has 36 heavy (non-hydrogen) atoms. The summed E-state index contributed by atoms with van der Waals surface area (Å²) >= 11 is 5.77. The maximum atomic E-state index is 13.8. The Kier molecular flexibility index (Phi) is 9.25. The Morgan fingerprint density at radius 3 is 2.53 bits per heavy atom. The fourth-order valence-electron chi connectivity index (χ4n) is 4.21. The fraction of sp³-hybridized carbons (Fsp3) is 0.345. The molecule has 7 heteroatoms. The molecule has 0 aromatic heterocycles. The zero-order chi connectivity index (χ0) is 26.5. The van der Waals surface area contributed by atoms with Crippen LogP contribution in [-0.2, 0) is 11.2 Å². The van der Waals surface area contributed by atoms with Gasteiger partial charge in [-0.3, -0.25) is 0 Å². The first-order chi connectivity index (χ1) is 17.0. The topological polar surface area (TPSA) is 78.8 Å². The maximum absolute atomic E-state index is 13.8. The number of benzene rings is 3. The average molecular weight is 514 g/mol. The van der Waals surface area contributed by atoms with Crippen LogP contribution in [0.3, 0.4) is 0 Å². The van der Waals surface area contributed by atoms with Crippen molar-refractivity contribution in [3.63, 3.8) is 0 Å². The second kappa shape index (κ2) is 12.0. The molecule has 0 unspecified atom stereocenters. The molecule has 0 heterocycles. The molecule has 192 valence electrons. The molecule has 0 amide bonds. The summed E-state index contributed by atoms with van der Waals surface area (Å²) < 4.78 is 19.8. The van der Waals surface area contributed by atoms with Crippen LogP contribution in [0.15, 0.2) is 60.7 Å². The summed E-state index contributed by atoms with van der Waals surface area (Å²) in [5, 5.41) is 23.3. The van der Waals surface area contributed by atoms with Crippen molar-refractivity contribution >= 4 is 17.6 Å². The van der Waals surface area contributed by atoms with E-state index in [1.807, 2.05) is 51.1 Å². The largest absolute Gasteiger partial charge is 0.478 e. The van der Waals surface area contributed by atoms with Gasteiger partial charge in [-0.15, -0.1) is 0 Å². The number of ether oxygens (including phenoxy) is 1. The van der Waals surface area contributed by atoms with Crippen molar-refractivity contribution < 1.29 is 24.1 Å². The highest BCUT2D eigenvalue weighted by molar-refractivity contribution is 6.30. The van der Waals surface area contributed by atoms with Gasteiger partial charge >= 0.3 is 5.97 Å². The third kappa shape index (κ3) is 7.37. The molecular formula is C29H33ClFNO4. The number of carboxylic acids is 1. The number of hydrogen-bond donors (Lipinski definition) is 3. The lowest BCUT2D eigenvalue weighted by atomic mass is 9.94. The zero-order valence-corrected chi connectivity index (χ0v) is 21.8. The molecule has 5 nitrogen and oxygen atoms in total. The minimum Gasteiger partial charge on any atom is -0.478 e. The van der Waals surface area contributed by atoms with Crippen LogP contribution >= 0.6 is 11.6 Å². The Labute approximate surface area is 216 Å². The van der Waals surface area contributed by atoms with Gasteiger partial charge in [-0.2, -0.15) is 0 Å². The van der Waals surface area contributed by atoms with Gasteiger partial charge in [0.1, 0.15) is 5.82 Å². The monoisotopic (exact) mass is 513 g/mol. The Hall–Kier alpha value is -2.77. The van der Waals surface area contributed by atoms with E-state index in [1.165, 1.54) is 6.07 Å². The number of carboxylic acid groups (broad SMARTS) is 1. The number of aromatic carboxylic acids is 1. The molecule has 0 aliphatic carbocycles. The van der Waals surface area contributed by atoms with Crippen molar-refractivity contribution in [2.75, 3.05) is 13.2 Å². The van der Waals surface area contributed by atoms with Crippen molar-refractivity contribution in [2.45, 2.75) is 51.9 Å². The normalized spacial score (nSPS) is 13.4. The molecular weight excluding hydrogens is 481 g/mol. The van der Waals surface area contributed by atoms with Crippen LogP contribution in [0.1, 0.15) is 53.9 Å². The van der Waals surface area contributed by atoms with Crippen molar-refractivity contribution in [2.24, 2.45) is 0 Å². The van der Waals surface area contributed by atoms with E-state index in [9.17, 15) is 19.4 Å². The van der Waals surface area contributed by atoms with Gasteiger partial charge in [-0.05, 0) is 80.1 Å². The number of rotatable bonds is 11. The Morgan fingerprint density at radius 1 is 1.14 bits per heavy atom. The fourth-order valence-corrected chi connectivity index (χ4v) is 4.32. The van der Waals surface area contributed by atoms with E-state index in [-0.39, 0.29) is 28.8 Å². The first kappa shape index (κ1) is 27.8. The van der Waals surface area contributed by atoms with Gasteiger partial charge in [0.25, 0.3) is 0 Å². The van der Waals surface area contributed by atoms with E-state index >= 15 is 0 Å². The van der Waals surface area contributed by atoms with E-state index in [2.05, 4.69) is 5.32 Å². The molecule has 3 N–H and O–H groups in total. The molecule has 2 atom stereocenters. The van der Waals surface area contributed by atoms with Crippen LogP contribution in [0.2, 0.25) is 5.02 Å². The lowest BCUT2D eigenvalue weighted by molar-refractivity contribution is -0.00397. The Balaban J connectivity index is 1.59. The van der Waals surface area contributed by atoms with Gasteiger partial charge in [0.15, 0.2) is 0 Å². The van der Waals surface area contributed by atoms with Gasteiger partial charge in [-0.1, -0.05) is 54.1 Å². The Bertz CT molecular complexity index is 1210. The number of aliphatic hydroxyl groups is 1. The van der Waals surface area contributed by atoms with Crippen LogP contribution in [-0.4, -0.2) is 41.0 Å². The van der Waals surface area contributed by atoms with Gasteiger partial charge in [0, 0.05) is 12.1 Å². The van der Waals surface area contributed by atoms with Crippen LogP contribution in [0.25, 0.3) is 11.1 Å². The maximum Gasteiger partial charge on any atom is 0.335 e. The highest BCUT2D eigenvalue weighted by atomic mass is 35.5. The second-order valence-corrected chi connectivity index (χ2v) is 10.1. The molecule has 0 radical (unpaired) electrons. The molecule has 0 aliphatic rings. The molecule has 0 fully saturated rings. The van der Waals surface area contributed by atoms with Crippen LogP contribution in [0, 0.1) is 12.7 Å². The van der Waals surface area contributed by atoms with Crippen molar-refractivity contribution in [1.29, 1.82) is 0 Å². The van der Waals surface area contributed by atoms with Crippen molar-refractivity contribution in [3.8, 4) is 11.1 Å². The van der Waals surface area contributed by atoms with E-state index < -0.39 is 17.9 Å². The standard InChI is InChI=1S/C29H33ClFNO4/c1-18-13-21(10-11-23(18)28(34)35)25-8-6-5-7-24(25)19(2)36-17-22(33)16-32-29(3,4)15-20-9-12-26(30)27(31)14-20/h5-14,19,22,32-33H,15-17H2,1-4H3,(H,34,35)/t19-,22+/m0/s1. The number of hydrogen-bond acceptors (Lipinski definition) is 4. The number of halogens is 2. The number of nitrogens with one attached hydrogen (secondary N) is 1. The van der Waals surface area contributed by atoms with E-state index in [0.717, 1.165) is 22.3 Å². The summed E-state index contributed by atoms with van der Waals surface area (Å²) in [6.07, 6.45) is -0.461.